The molecule has 2 aromatic heterocycles. The maximum atomic E-state index is 12.3. The Morgan fingerprint density at radius 3 is 2.74 bits per heavy atom. The quantitative estimate of drug-likeness (QED) is 0.371. The van der Waals surface area contributed by atoms with Gasteiger partial charge >= 0.3 is 5.97 Å². The smallest absolute Gasteiger partial charge is 0.323 e. The van der Waals surface area contributed by atoms with Gasteiger partial charge in [-0.1, -0.05) is 6.07 Å². The van der Waals surface area contributed by atoms with E-state index in [4.69, 9.17) is 4.98 Å². The molecule has 4 N–H and O–H groups in total. The molecule has 0 spiro atoms. The van der Waals surface area contributed by atoms with E-state index >= 15 is 0 Å². The number of nitrogens with zero attached hydrogens (tertiary/aromatic N) is 3. The van der Waals surface area contributed by atoms with Gasteiger partial charge in [-0.25, -0.2) is 4.98 Å². The zero-order valence-corrected chi connectivity index (χ0v) is 21.1. The molecular formula is C25H34ClN5O4. The van der Waals surface area contributed by atoms with Crippen LogP contribution in [0.25, 0.3) is 22.4 Å². The summed E-state index contributed by atoms with van der Waals surface area (Å²) in [5.74, 6) is 0.196. The minimum absolute atomic E-state index is 0. The number of aliphatic carboxylic acids is 1. The molecule has 1 saturated heterocycles. The fourth-order valence-electron chi connectivity index (χ4n) is 4.71. The molecule has 3 atom stereocenters. The second kappa shape index (κ2) is 11.3. The first kappa shape index (κ1) is 26.9. The zero-order chi connectivity index (χ0) is 24.4. The number of halogens is 1. The molecule has 1 fully saturated rings. The molecule has 190 valence electrons. The van der Waals surface area contributed by atoms with Crippen LogP contribution in [0.2, 0.25) is 0 Å². The van der Waals surface area contributed by atoms with Crippen molar-refractivity contribution in [3.05, 3.63) is 51.9 Å². The van der Waals surface area contributed by atoms with Gasteiger partial charge in [-0.05, 0) is 69.5 Å². The molecule has 1 aliphatic heterocycles. The van der Waals surface area contributed by atoms with Crippen LogP contribution in [0.1, 0.15) is 30.9 Å². The number of carbonyl (C=O) groups is 1. The summed E-state index contributed by atoms with van der Waals surface area (Å²) in [6.45, 7) is 6.36. The molecule has 3 heterocycles. The van der Waals surface area contributed by atoms with Crippen molar-refractivity contribution in [1.29, 1.82) is 0 Å². The number of benzene rings is 1. The van der Waals surface area contributed by atoms with Crippen molar-refractivity contribution >= 4 is 29.4 Å². The van der Waals surface area contributed by atoms with Crippen LogP contribution in [0.3, 0.4) is 0 Å². The number of aliphatic hydroxyl groups is 1. The Bertz CT molecular complexity index is 1220. The van der Waals surface area contributed by atoms with Crippen LogP contribution in [0, 0.1) is 12.8 Å². The van der Waals surface area contributed by atoms with Gasteiger partial charge in [0.05, 0.1) is 17.1 Å². The number of carboxylic acid groups (broad SMARTS) is 1. The average Bonchev–Trinajstić information content (AvgIpc) is 3.15. The van der Waals surface area contributed by atoms with E-state index < -0.39 is 18.1 Å². The number of fused-ring (bicyclic) bond motifs is 1. The second-order valence-electron chi connectivity index (χ2n) is 9.35. The van der Waals surface area contributed by atoms with Crippen molar-refractivity contribution in [1.82, 2.24) is 24.8 Å². The summed E-state index contributed by atoms with van der Waals surface area (Å²) in [5, 5.41) is 25.5. The van der Waals surface area contributed by atoms with Gasteiger partial charge in [-0.2, -0.15) is 0 Å². The van der Waals surface area contributed by atoms with Crippen molar-refractivity contribution in [3.63, 3.8) is 0 Å². The lowest BCUT2D eigenvalue weighted by molar-refractivity contribution is -0.142. The van der Waals surface area contributed by atoms with Gasteiger partial charge in [-0.3, -0.25) is 14.9 Å². The molecule has 0 amide bonds. The topological polar surface area (TPSA) is 121 Å². The summed E-state index contributed by atoms with van der Waals surface area (Å²) in [7, 11) is 1.75. The lowest BCUT2D eigenvalue weighted by atomic mass is 9.99. The normalized spacial score (nSPS) is 17.7. The molecular weight excluding hydrogens is 470 g/mol. The lowest BCUT2D eigenvalue weighted by Crippen LogP contribution is -2.44. The predicted molar refractivity (Wildman–Crippen MR) is 138 cm³/mol. The number of piperidine rings is 1. The Kier molecular flexibility index (Phi) is 8.71. The molecule has 4 rings (SSSR count). The van der Waals surface area contributed by atoms with Gasteiger partial charge < -0.3 is 24.7 Å². The molecule has 1 aromatic carbocycles. The fourth-order valence-corrected chi connectivity index (χ4v) is 4.71. The number of hydrogen-bond acceptors (Lipinski definition) is 6. The van der Waals surface area contributed by atoms with Gasteiger partial charge in [0.15, 0.2) is 0 Å². The van der Waals surface area contributed by atoms with E-state index in [1.807, 2.05) is 37.4 Å². The Hall–Kier alpha value is -2.72. The second-order valence-corrected chi connectivity index (χ2v) is 9.35. The average molecular weight is 504 g/mol. The third-order valence-electron chi connectivity index (χ3n) is 6.55. The van der Waals surface area contributed by atoms with E-state index in [0.29, 0.717) is 18.0 Å². The third kappa shape index (κ3) is 5.92. The number of aryl methyl sites for hydroxylation is 2. The van der Waals surface area contributed by atoms with E-state index in [2.05, 4.69) is 15.2 Å². The number of pyridine rings is 1. The molecule has 0 bridgehead atoms. The van der Waals surface area contributed by atoms with Crippen molar-refractivity contribution in [3.8, 4) is 11.4 Å². The van der Waals surface area contributed by atoms with E-state index in [-0.39, 0.29) is 18.0 Å². The Morgan fingerprint density at radius 2 is 2.11 bits per heavy atom. The largest absolute Gasteiger partial charge is 0.480 e. The summed E-state index contributed by atoms with van der Waals surface area (Å²) in [5.41, 5.74) is 4.25. The number of nitrogens with one attached hydrogen (secondary N) is 2. The van der Waals surface area contributed by atoms with Crippen LogP contribution >= 0.6 is 12.4 Å². The number of rotatable bonds is 8. The highest BCUT2D eigenvalue weighted by Gasteiger charge is 2.23. The minimum atomic E-state index is -1.08. The summed E-state index contributed by atoms with van der Waals surface area (Å²) in [4.78, 5) is 28.6. The minimum Gasteiger partial charge on any atom is -0.480 e. The van der Waals surface area contributed by atoms with E-state index in [1.165, 1.54) is 6.92 Å². The van der Waals surface area contributed by atoms with Gasteiger partial charge in [0.2, 0.25) is 0 Å². The Labute approximate surface area is 210 Å². The van der Waals surface area contributed by atoms with Crippen LogP contribution in [0.4, 0.5) is 0 Å². The van der Waals surface area contributed by atoms with Crippen LogP contribution in [-0.4, -0.2) is 55.5 Å². The number of aromatic nitrogens is 3. The first-order valence-corrected chi connectivity index (χ1v) is 11.8. The molecule has 2 unspecified atom stereocenters. The van der Waals surface area contributed by atoms with Crippen LogP contribution in [-0.2, 0) is 24.9 Å². The number of imidazole rings is 1. The SMILES string of the molecule is Cc1cc(-c2nc3ccc(CNC(C(=O)O)C(C)O)cc3n2C[C@H]2CCCNC2)cn(C)c1=O.Cl. The van der Waals surface area contributed by atoms with Gasteiger partial charge in [0, 0.05) is 37.5 Å². The molecule has 0 saturated carbocycles. The van der Waals surface area contributed by atoms with E-state index in [1.54, 1.807) is 11.6 Å². The highest BCUT2D eigenvalue weighted by Crippen LogP contribution is 2.28. The van der Waals surface area contributed by atoms with Crippen LogP contribution in [0.5, 0.6) is 0 Å². The van der Waals surface area contributed by atoms with Gasteiger partial charge in [-0.15, -0.1) is 12.4 Å². The number of hydrogen-bond donors (Lipinski definition) is 4. The lowest BCUT2D eigenvalue weighted by Gasteiger charge is -2.24. The molecule has 3 aromatic rings. The molecule has 0 radical (unpaired) electrons. The fraction of sp³-hybridized carbons (Fsp3) is 0.480. The summed E-state index contributed by atoms with van der Waals surface area (Å²) >= 11 is 0. The van der Waals surface area contributed by atoms with Crippen molar-refractivity contribution < 1.29 is 15.0 Å². The zero-order valence-electron chi connectivity index (χ0n) is 20.3. The molecule has 9 nitrogen and oxygen atoms in total. The summed E-state index contributed by atoms with van der Waals surface area (Å²) < 4.78 is 3.81. The first-order valence-electron chi connectivity index (χ1n) is 11.8. The molecule has 35 heavy (non-hydrogen) atoms. The Morgan fingerprint density at radius 1 is 1.34 bits per heavy atom. The Balaban J connectivity index is 0.00000342. The highest BCUT2D eigenvalue weighted by atomic mass is 35.5. The molecule has 10 heteroatoms. The highest BCUT2D eigenvalue weighted by molar-refractivity contribution is 5.85. The monoisotopic (exact) mass is 503 g/mol. The standard InChI is InChI=1S/C25H33N5O4.ClH/c1-15-9-19(14-29(3)24(15)32)23-28-20-7-6-17(12-27-22(16(2)31)25(33)34)10-21(20)30(23)13-18-5-4-8-26-11-18;/h6-7,9-10,14,16,18,22,26-27,31H,4-5,8,11-13H2,1-3H3,(H,33,34);1H/t16?,18-,22?;/m0./s1. The van der Waals surface area contributed by atoms with E-state index in [0.717, 1.165) is 60.5 Å². The predicted octanol–water partition coefficient (Wildman–Crippen LogP) is 2.06. The van der Waals surface area contributed by atoms with E-state index in [9.17, 15) is 19.8 Å². The van der Waals surface area contributed by atoms with Crippen LogP contribution in [0.15, 0.2) is 35.3 Å². The number of aliphatic hydroxyl groups excluding tert-OH is 1. The van der Waals surface area contributed by atoms with Crippen molar-refractivity contribution in [2.24, 2.45) is 13.0 Å². The molecule has 1 aliphatic rings. The molecule has 0 aliphatic carbocycles. The van der Waals surface area contributed by atoms with Gasteiger partial charge in [0.25, 0.3) is 5.56 Å². The van der Waals surface area contributed by atoms with Crippen molar-refractivity contribution in [2.45, 2.75) is 51.9 Å². The third-order valence-corrected chi connectivity index (χ3v) is 6.55. The first-order chi connectivity index (χ1) is 16.2. The summed E-state index contributed by atoms with van der Waals surface area (Å²) in [6.07, 6.45) is 3.09. The summed E-state index contributed by atoms with van der Waals surface area (Å²) in [6, 6.07) is 6.74. The maximum absolute atomic E-state index is 12.3. The maximum Gasteiger partial charge on any atom is 0.323 e. The van der Waals surface area contributed by atoms with Crippen molar-refractivity contribution in [2.75, 3.05) is 13.1 Å². The number of carboxylic acids is 1. The van der Waals surface area contributed by atoms with Crippen LogP contribution < -0.4 is 16.2 Å². The van der Waals surface area contributed by atoms with Gasteiger partial charge in [0.1, 0.15) is 11.9 Å².